The van der Waals surface area contributed by atoms with Gasteiger partial charge in [0.2, 0.25) is 0 Å². The molecular weight excluding hydrogens is 398 g/mol. The summed E-state index contributed by atoms with van der Waals surface area (Å²) in [6.45, 7) is 1.82. The maximum absolute atomic E-state index is 12.9. The molecule has 0 unspecified atom stereocenters. The third-order valence-electron chi connectivity index (χ3n) is 4.44. The Morgan fingerprint density at radius 3 is 2.60 bits per heavy atom. The Kier molecular flexibility index (Phi) is 5.72. The largest absolute Gasteiger partial charge is 0.483 e. The van der Waals surface area contributed by atoms with E-state index in [9.17, 15) is 9.59 Å². The Morgan fingerprint density at radius 1 is 1.00 bits per heavy atom. The Bertz CT molecular complexity index is 1210. The molecule has 3 aromatic carbocycles. The topological polar surface area (TPSA) is 80.3 Å². The van der Waals surface area contributed by atoms with Crippen molar-refractivity contribution in [3.63, 3.8) is 0 Å². The molecule has 1 aromatic heterocycles. The Morgan fingerprint density at radius 2 is 1.83 bits per heavy atom. The molecule has 0 saturated carbocycles. The summed E-state index contributed by atoms with van der Waals surface area (Å²) < 4.78 is 5.73. The first kappa shape index (κ1) is 19.6. The highest BCUT2D eigenvalue weighted by atomic mass is 32.1. The van der Waals surface area contributed by atoms with E-state index >= 15 is 0 Å². The second-order valence-corrected chi connectivity index (χ2v) is 7.55. The van der Waals surface area contributed by atoms with Gasteiger partial charge in [0.1, 0.15) is 5.75 Å². The Labute approximate surface area is 177 Å². The molecule has 0 radical (unpaired) electrons. The first-order chi connectivity index (χ1) is 14.6. The summed E-state index contributed by atoms with van der Waals surface area (Å²) in [6.07, 6.45) is 1.62. The number of amides is 2. The summed E-state index contributed by atoms with van der Waals surface area (Å²) in [5.74, 6) is 0.0344. The average Bonchev–Trinajstić information content (AvgIpc) is 3.25. The maximum atomic E-state index is 12.9. The van der Waals surface area contributed by atoms with Crippen molar-refractivity contribution >= 4 is 44.7 Å². The molecule has 2 N–H and O–H groups in total. The van der Waals surface area contributed by atoms with Crippen LogP contribution < -0.4 is 15.4 Å². The number of nitrogens with one attached hydrogen (secondary N) is 2. The van der Waals surface area contributed by atoms with Gasteiger partial charge in [0.25, 0.3) is 11.8 Å². The zero-order chi connectivity index (χ0) is 20.9. The minimum Gasteiger partial charge on any atom is -0.483 e. The predicted molar refractivity (Wildman–Crippen MR) is 119 cm³/mol. The smallest absolute Gasteiger partial charge is 0.264 e. The second kappa shape index (κ2) is 8.75. The highest BCUT2D eigenvalue weighted by molar-refractivity contribution is 7.13. The van der Waals surface area contributed by atoms with E-state index in [1.165, 1.54) is 11.3 Å². The van der Waals surface area contributed by atoms with Crippen molar-refractivity contribution in [3.8, 4) is 5.75 Å². The van der Waals surface area contributed by atoms with Crippen LogP contribution >= 0.6 is 11.3 Å². The molecular formula is C23H19N3O3S. The van der Waals surface area contributed by atoms with Crippen molar-refractivity contribution in [1.29, 1.82) is 0 Å². The van der Waals surface area contributed by atoms with Crippen molar-refractivity contribution < 1.29 is 14.3 Å². The maximum Gasteiger partial charge on any atom is 0.264 e. The molecule has 0 aliphatic rings. The van der Waals surface area contributed by atoms with E-state index in [-0.39, 0.29) is 18.4 Å². The van der Waals surface area contributed by atoms with Crippen LogP contribution in [0.1, 0.15) is 15.9 Å². The zero-order valence-corrected chi connectivity index (χ0v) is 17.0. The third kappa shape index (κ3) is 4.47. The minimum absolute atomic E-state index is 0.154. The van der Waals surface area contributed by atoms with Crippen LogP contribution in [0.25, 0.3) is 10.8 Å². The molecule has 0 fully saturated rings. The van der Waals surface area contributed by atoms with E-state index in [1.807, 2.05) is 55.5 Å². The molecule has 30 heavy (non-hydrogen) atoms. The standard InChI is InChI=1S/C23H19N3O3S/c1-15-5-4-6-16(13-15)25-22(28)19-9-10-20(18-8-3-2-7-17(18)19)29-14-21(27)26-23-24-11-12-30-23/h2-13H,14H2,1H3,(H,25,28)(H,24,26,27). The van der Waals surface area contributed by atoms with Gasteiger partial charge < -0.3 is 10.1 Å². The van der Waals surface area contributed by atoms with Gasteiger partial charge in [-0.2, -0.15) is 0 Å². The fourth-order valence-corrected chi connectivity index (χ4v) is 3.65. The lowest BCUT2D eigenvalue weighted by Gasteiger charge is -2.13. The number of thiazole rings is 1. The number of hydrogen-bond donors (Lipinski definition) is 2. The first-order valence-electron chi connectivity index (χ1n) is 9.32. The Hall–Kier alpha value is -3.71. The van der Waals surface area contributed by atoms with Crippen LogP contribution in [-0.2, 0) is 4.79 Å². The van der Waals surface area contributed by atoms with Crippen LogP contribution in [-0.4, -0.2) is 23.4 Å². The van der Waals surface area contributed by atoms with E-state index in [1.54, 1.807) is 23.7 Å². The monoisotopic (exact) mass is 417 g/mol. The number of aromatic nitrogens is 1. The van der Waals surface area contributed by atoms with Crippen LogP contribution in [0, 0.1) is 6.92 Å². The molecule has 2 amide bonds. The Balaban J connectivity index is 1.54. The molecule has 4 aromatic rings. The van der Waals surface area contributed by atoms with Crippen molar-refractivity contribution in [2.45, 2.75) is 6.92 Å². The van der Waals surface area contributed by atoms with E-state index in [0.29, 0.717) is 16.4 Å². The van der Waals surface area contributed by atoms with Crippen LogP contribution in [0.5, 0.6) is 5.75 Å². The highest BCUT2D eigenvalue weighted by Crippen LogP contribution is 2.29. The molecule has 150 valence electrons. The third-order valence-corrected chi connectivity index (χ3v) is 5.13. The van der Waals surface area contributed by atoms with Gasteiger partial charge in [-0.3, -0.25) is 14.9 Å². The molecule has 0 saturated heterocycles. The molecule has 0 bridgehead atoms. The van der Waals surface area contributed by atoms with Crippen molar-refractivity contribution in [3.05, 3.63) is 83.4 Å². The van der Waals surface area contributed by atoms with Gasteiger partial charge in [0.15, 0.2) is 11.7 Å². The number of rotatable bonds is 6. The van der Waals surface area contributed by atoms with Crippen LogP contribution in [0.15, 0.2) is 72.2 Å². The number of fused-ring (bicyclic) bond motifs is 1. The number of carbonyl (C=O) groups is 2. The second-order valence-electron chi connectivity index (χ2n) is 6.65. The van der Waals surface area contributed by atoms with Crippen LogP contribution in [0.4, 0.5) is 10.8 Å². The van der Waals surface area contributed by atoms with E-state index < -0.39 is 0 Å². The van der Waals surface area contributed by atoms with Gasteiger partial charge in [0.05, 0.1) is 0 Å². The molecule has 6 nitrogen and oxygen atoms in total. The number of anilines is 2. The predicted octanol–water partition coefficient (Wildman–Crippen LogP) is 4.87. The summed E-state index contributed by atoms with van der Waals surface area (Å²) in [4.78, 5) is 29.0. The summed E-state index contributed by atoms with van der Waals surface area (Å²) in [6, 6.07) is 18.5. The number of carbonyl (C=O) groups excluding carboxylic acids is 2. The van der Waals surface area contributed by atoms with Gasteiger partial charge in [-0.15, -0.1) is 11.3 Å². The minimum atomic E-state index is -0.296. The SMILES string of the molecule is Cc1cccc(NC(=O)c2ccc(OCC(=O)Nc3nccs3)c3ccccc23)c1. The lowest BCUT2D eigenvalue weighted by atomic mass is 10.0. The summed E-state index contributed by atoms with van der Waals surface area (Å²) in [5.41, 5.74) is 2.34. The molecule has 1 heterocycles. The van der Waals surface area contributed by atoms with Crippen molar-refractivity contribution in [2.24, 2.45) is 0 Å². The van der Waals surface area contributed by atoms with Gasteiger partial charge in [-0.1, -0.05) is 36.4 Å². The zero-order valence-electron chi connectivity index (χ0n) is 16.2. The fourth-order valence-electron chi connectivity index (χ4n) is 3.10. The lowest BCUT2D eigenvalue weighted by molar-refractivity contribution is -0.118. The number of benzene rings is 3. The van der Waals surface area contributed by atoms with E-state index in [2.05, 4.69) is 15.6 Å². The molecule has 0 atom stereocenters. The summed E-state index contributed by atoms with van der Waals surface area (Å²) in [7, 11) is 0. The molecule has 4 rings (SSSR count). The van der Waals surface area contributed by atoms with Crippen LogP contribution in [0.3, 0.4) is 0 Å². The fraction of sp³-hybridized carbons (Fsp3) is 0.0870. The molecule has 7 heteroatoms. The average molecular weight is 417 g/mol. The van der Waals surface area contributed by atoms with E-state index in [4.69, 9.17) is 4.74 Å². The number of ether oxygens (including phenoxy) is 1. The highest BCUT2D eigenvalue weighted by Gasteiger charge is 2.14. The van der Waals surface area contributed by atoms with Crippen LogP contribution in [0.2, 0.25) is 0 Å². The summed E-state index contributed by atoms with van der Waals surface area (Å²) >= 11 is 1.34. The lowest BCUT2D eigenvalue weighted by Crippen LogP contribution is -2.20. The molecule has 0 aliphatic carbocycles. The molecule has 0 spiro atoms. The normalized spacial score (nSPS) is 10.6. The van der Waals surface area contributed by atoms with Crippen molar-refractivity contribution in [2.75, 3.05) is 17.2 Å². The first-order valence-corrected chi connectivity index (χ1v) is 10.2. The molecule has 0 aliphatic heterocycles. The van der Waals surface area contributed by atoms with Gasteiger partial charge >= 0.3 is 0 Å². The summed E-state index contributed by atoms with van der Waals surface area (Å²) in [5, 5.41) is 9.43. The van der Waals surface area contributed by atoms with Gasteiger partial charge in [-0.25, -0.2) is 4.98 Å². The van der Waals surface area contributed by atoms with Gasteiger partial charge in [0, 0.05) is 28.2 Å². The number of nitrogens with zero attached hydrogens (tertiary/aromatic N) is 1. The number of aryl methyl sites for hydroxylation is 1. The van der Waals surface area contributed by atoms with E-state index in [0.717, 1.165) is 22.0 Å². The van der Waals surface area contributed by atoms with Gasteiger partial charge in [-0.05, 0) is 42.1 Å². The number of hydrogen-bond acceptors (Lipinski definition) is 5. The van der Waals surface area contributed by atoms with Crippen molar-refractivity contribution in [1.82, 2.24) is 4.98 Å². The quantitative estimate of drug-likeness (QED) is 0.469.